The van der Waals surface area contributed by atoms with Crippen LogP contribution in [0.4, 0.5) is 0 Å². The summed E-state index contributed by atoms with van der Waals surface area (Å²) in [6.45, 7) is 0.386. The van der Waals surface area contributed by atoms with Crippen LogP contribution in [0.25, 0.3) is 0 Å². The minimum Gasteiger partial charge on any atom is -0.476 e. The van der Waals surface area contributed by atoms with Crippen LogP contribution >= 0.6 is 22.7 Å². The molecule has 0 unspecified atom stereocenters. The second kappa shape index (κ2) is 8.00. The molecular formula is C17H15N3O3S2. The minimum absolute atomic E-state index is 0.0383. The first-order chi connectivity index (χ1) is 12.1. The molecule has 3 aromatic rings. The number of aromatic carboxylic acids is 1. The molecule has 0 aliphatic carbocycles. The molecule has 2 heterocycles. The molecule has 0 saturated carbocycles. The zero-order valence-electron chi connectivity index (χ0n) is 13.1. The van der Waals surface area contributed by atoms with Crippen LogP contribution in [0.3, 0.4) is 0 Å². The summed E-state index contributed by atoms with van der Waals surface area (Å²) < 4.78 is 0. The third kappa shape index (κ3) is 4.71. The SMILES string of the molecule is O=C(O)c1csc(CCNC(=O)c2csc(Cc3ccccc3)n2)n1. The van der Waals surface area contributed by atoms with Crippen LogP contribution in [-0.2, 0) is 12.8 Å². The molecule has 25 heavy (non-hydrogen) atoms. The molecule has 2 N–H and O–H groups in total. The number of hydrogen-bond donors (Lipinski definition) is 2. The number of carboxylic acids is 1. The Labute approximate surface area is 152 Å². The maximum atomic E-state index is 12.1. The fraction of sp³-hybridized carbons (Fsp3) is 0.176. The second-order valence-electron chi connectivity index (χ2n) is 5.23. The number of carbonyl (C=O) groups is 2. The molecule has 0 radical (unpaired) electrons. The number of nitrogens with zero attached hydrogens (tertiary/aromatic N) is 2. The molecule has 2 aromatic heterocycles. The average molecular weight is 373 g/mol. The second-order valence-corrected chi connectivity index (χ2v) is 7.11. The lowest BCUT2D eigenvalue weighted by Gasteiger charge is -2.01. The van der Waals surface area contributed by atoms with Crippen LogP contribution in [0.2, 0.25) is 0 Å². The van der Waals surface area contributed by atoms with Crippen molar-refractivity contribution in [3.8, 4) is 0 Å². The van der Waals surface area contributed by atoms with Gasteiger partial charge >= 0.3 is 5.97 Å². The molecule has 1 amide bonds. The number of benzene rings is 1. The molecule has 0 atom stereocenters. The fourth-order valence-electron chi connectivity index (χ4n) is 2.16. The average Bonchev–Trinajstić information content (AvgIpc) is 3.25. The quantitative estimate of drug-likeness (QED) is 0.664. The summed E-state index contributed by atoms with van der Waals surface area (Å²) in [6.07, 6.45) is 1.20. The number of carboxylic acid groups (broad SMARTS) is 1. The van der Waals surface area contributed by atoms with E-state index in [9.17, 15) is 9.59 Å². The van der Waals surface area contributed by atoms with Gasteiger partial charge in [0.25, 0.3) is 5.91 Å². The smallest absolute Gasteiger partial charge is 0.355 e. The largest absolute Gasteiger partial charge is 0.476 e. The van der Waals surface area contributed by atoms with E-state index in [1.54, 1.807) is 5.38 Å². The Morgan fingerprint density at radius 1 is 1.00 bits per heavy atom. The molecule has 3 rings (SSSR count). The van der Waals surface area contributed by atoms with Gasteiger partial charge in [-0.15, -0.1) is 22.7 Å². The van der Waals surface area contributed by atoms with Gasteiger partial charge in [0.1, 0.15) is 5.69 Å². The van der Waals surface area contributed by atoms with Crippen LogP contribution in [0.15, 0.2) is 41.1 Å². The maximum Gasteiger partial charge on any atom is 0.355 e. The first-order valence-corrected chi connectivity index (χ1v) is 9.32. The maximum absolute atomic E-state index is 12.1. The third-order valence-corrected chi connectivity index (χ3v) is 5.14. The molecule has 0 fully saturated rings. The van der Waals surface area contributed by atoms with Crippen molar-refractivity contribution in [2.45, 2.75) is 12.8 Å². The molecule has 1 aromatic carbocycles. The Morgan fingerprint density at radius 2 is 1.68 bits per heavy atom. The molecule has 0 bridgehead atoms. The Hall–Kier alpha value is -2.58. The lowest BCUT2D eigenvalue weighted by atomic mass is 10.2. The van der Waals surface area contributed by atoms with E-state index >= 15 is 0 Å². The lowest BCUT2D eigenvalue weighted by Crippen LogP contribution is -2.26. The van der Waals surface area contributed by atoms with Crippen molar-refractivity contribution in [3.05, 3.63) is 68.1 Å². The van der Waals surface area contributed by atoms with Gasteiger partial charge in [-0.25, -0.2) is 14.8 Å². The highest BCUT2D eigenvalue weighted by Gasteiger charge is 2.12. The van der Waals surface area contributed by atoms with Gasteiger partial charge in [-0.05, 0) is 5.56 Å². The van der Waals surface area contributed by atoms with Gasteiger partial charge in [0.15, 0.2) is 5.69 Å². The zero-order chi connectivity index (χ0) is 17.6. The normalized spacial score (nSPS) is 10.6. The predicted molar refractivity (Wildman–Crippen MR) is 96.5 cm³/mol. The van der Waals surface area contributed by atoms with Crippen molar-refractivity contribution < 1.29 is 14.7 Å². The molecule has 6 nitrogen and oxygen atoms in total. The molecule has 0 saturated heterocycles. The van der Waals surface area contributed by atoms with E-state index in [2.05, 4.69) is 15.3 Å². The van der Waals surface area contributed by atoms with Crippen LogP contribution in [0, 0.1) is 0 Å². The topological polar surface area (TPSA) is 92.2 Å². The van der Waals surface area contributed by atoms with Gasteiger partial charge in [0.05, 0.1) is 10.0 Å². The lowest BCUT2D eigenvalue weighted by molar-refractivity contribution is 0.0690. The number of nitrogens with one attached hydrogen (secondary N) is 1. The summed E-state index contributed by atoms with van der Waals surface area (Å²) in [4.78, 5) is 31.3. The predicted octanol–water partition coefficient (Wildman–Crippen LogP) is 2.86. The van der Waals surface area contributed by atoms with E-state index in [1.165, 1.54) is 28.1 Å². The molecule has 128 valence electrons. The van der Waals surface area contributed by atoms with Crippen molar-refractivity contribution in [2.24, 2.45) is 0 Å². The molecule has 0 aliphatic heterocycles. The van der Waals surface area contributed by atoms with Gasteiger partial charge in [0, 0.05) is 30.1 Å². The van der Waals surface area contributed by atoms with E-state index in [1.807, 2.05) is 30.3 Å². The van der Waals surface area contributed by atoms with Gasteiger partial charge < -0.3 is 10.4 Å². The van der Waals surface area contributed by atoms with Crippen molar-refractivity contribution in [1.29, 1.82) is 0 Å². The number of rotatable bonds is 7. The number of amides is 1. The summed E-state index contributed by atoms with van der Waals surface area (Å²) in [6, 6.07) is 9.98. The first kappa shape index (κ1) is 17.2. The number of aromatic nitrogens is 2. The van der Waals surface area contributed by atoms with Crippen LogP contribution in [-0.4, -0.2) is 33.5 Å². The van der Waals surface area contributed by atoms with Gasteiger partial charge in [-0.2, -0.15) is 0 Å². The van der Waals surface area contributed by atoms with Gasteiger partial charge in [-0.1, -0.05) is 30.3 Å². The van der Waals surface area contributed by atoms with Crippen LogP contribution in [0.5, 0.6) is 0 Å². The fourth-order valence-corrected chi connectivity index (χ4v) is 3.74. The highest BCUT2D eigenvalue weighted by molar-refractivity contribution is 7.10. The number of hydrogen-bond acceptors (Lipinski definition) is 6. The molecule has 8 heteroatoms. The summed E-state index contributed by atoms with van der Waals surface area (Å²) in [7, 11) is 0. The molecule has 0 aliphatic rings. The van der Waals surface area contributed by atoms with E-state index in [-0.39, 0.29) is 11.6 Å². The van der Waals surface area contributed by atoms with E-state index in [4.69, 9.17) is 5.11 Å². The highest BCUT2D eigenvalue weighted by Crippen LogP contribution is 2.15. The monoisotopic (exact) mass is 373 g/mol. The zero-order valence-corrected chi connectivity index (χ0v) is 14.8. The Bertz CT molecular complexity index is 874. The van der Waals surface area contributed by atoms with Crippen LogP contribution in [0.1, 0.15) is 36.6 Å². The summed E-state index contributed by atoms with van der Waals surface area (Å²) in [5.74, 6) is -1.27. The standard InChI is InChI=1S/C17H15N3O3S2/c21-16(18-7-6-14-20-13(10-24-14)17(22)23)12-9-25-15(19-12)8-11-4-2-1-3-5-11/h1-5,9-10H,6-8H2,(H,18,21)(H,22,23). The number of carbonyl (C=O) groups excluding carboxylic acids is 1. The van der Waals surface area contributed by atoms with Crippen molar-refractivity contribution in [1.82, 2.24) is 15.3 Å². The Kier molecular flexibility index (Phi) is 5.52. The van der Waals surface area contributed by atoms with Crippen molar-refractivity contribution in [3.63, 3.8) is 0 Å². The van der Waals surface area contributed by atoms with Crippen molar-refractivity contribution in [2.75, 3.05) is 6.54 Å². The third-order valence-electron chi connectivity index (χ3n) is 3.38. The molecular weight excluding hydrogens is 358 g/mol. The van der Waals surface area contributed by atoms with E-state index in [0.717, 1.165) is 10.6 Å². The number of thiazole rings is 2. The highest BCUT2D eigenvalue weighted by atomic mass is 32.1. The Morgan fingerprint density at radius 3 is 2.40 bits per heavy atom. The summed E-state index contributed by atoms with van der Waals surface area (Å²) >= 11 is 2.74. The minimum atomic E-state index is -1.04. The van der Waals surface area contributed by atoms with E-state index in [0.29, 0.717) is 30.1 Å². The van der Waals surface area contributed by atoms with Crippen LogP contribution < -0.4 is 5.32 Å². The van der Waals surface area contributed by atoms with Crippen molar-refractivity contribution >= 4 is 34.6 Å². The van der Waals surface area contributed by atoms with E-state index < -0.39 is 5.97 Å². The summed E-state index contributed by atoms with van der Waals surface area (Å²) in [5, 5.41) is 16.4. The summed E-state index contributed by atoms with van der Waals surface area (Å²) in [5.41, 5.74) is 1.60. The van der Waals surface area contributed by atoms with Gasteiger partial charge in [0.2, 0.25) is 0 Å². The molecule has 0 spiro atoms. The van der Waals surface area contributed by atoms with Gasteiger partial charge in [-0.3, -0.25) is 4.79 Å². The first-order valence-electron chi connectivity index (χ1n) is 7.56. The Balaban J connectivity index is 1.50.